The van der Waals surface area contributed by atoms with E-state index in [9.17, 15) is 9.59 Å². The fourth-order valence-electron chi connectivity index (χ4n) is 2.59. The van der Waals surface area contributed by atoms with Crippen molar-refractivity contribution in [2.24, 2.45) is 0 Å². The van der Waals surface area contributed by atoms with Gasteiger partial charge < -0.3 is 10.6 Å². The minimum absolute atomic E-state index is 0.0256. The molecule has 1 aromatic heterocycles. The van der Waals surface area contributed by atoms with E-state index in [1.807, 2.05) is 55.5 Å². The van der Waals surface area contributed by atoms with Crippen molar-refractivity contribution in [2.45, 2.75) is 26.3 Å². The average Bonchev–Trinajstić information content (AvgIpc) is 2.96. The standard InChI is InChI=1S/C19H19N3O2S/c1-12(15-6-4-3-5-7-15)20-18(24)11-14-8-9-16-17(10-14)25-19(22-16)21-13(2)23/h3-10,12H,11H2,1-2H3,(H,20,24)(H,21,22,23)/t12-/m1/s1. The van der Waals surface area contributed by atoms with Crippen molar-refractivity contribution >= 4 is 38.5 Å². The van der Waals surface area contributed by atoms with Gasteiger partial charge in [-0.15, -0.1) is 0 Å². The fraction of sp³-hybridized carbons (Fsp3) is 0.211. The number of carbonyl (C=O) groups excluding carboxylic acids is 2. The second-order valence-electron chi connectivity index (χ2n) is 5.88. The molecule has 6 heteroatoms. The number of hydrogen-bond donors (Lipinski definition) is 2. The smallest absolute Gasteiger partial charge is 0.224 e. The van der Waals surface area contributed by atoms with Gasteiger partial charge in [0.2, 0.25) is 11.8 Å². The summed E-state index contributed by atoms with van der Waals surface area (Å²) < 4.78 is 0.949. The van der Waals surface area contributed by atoms with Gasteiger partial charge in [0.1, 0.15) is 0 Å². The van der Waals surface area contributed by atoms with Crippen LogP contribution in [-0.2, 0) is 16.0 Å². The summed E-state index contributed by atoms with van der Waals surface area (Å²) in [4.78, 5) is 27.8. The number of thiazole rings is 1. The zero-order chi connectivity index (χ0) is 17.8. The van der Waals surface area contributed by atoms with Gasteiger partial charge in [-0.25, -0.2) is 4.98 Å². The molecule has 0 radical (unpaired) electrons. The monoisotopic (exact) mass is 353 g/mol. The molecule has 0 bridgehead atoms. The van der Waals surface area contributed by atoms with Crippen molar-refractivity contribution in [3.05, 3.63) is 59.7 Å². The number of anilines is 1. The summed E-state index contributed by atoms with van der Waals surface area (Å²) in [7, 11) is 0. The second kappa shape index (κ2) is 7.44. The number of nitrogens with zero attached hydrogens (tertiary/aromatic N) is 1. The number of benzene rings is 2. The first-order valence-corrected chi connectivity index (χ1v) is 8.84. The molecule has 128 valence electrons. The van der Waals surface area contributed by atoms with Crippen molar-refractivity contribution in [1.82, 2.24) is 10.3 Å². The molecular weight excluding hydrogens is 334 g/mol. The summed E-state index contributed by atoms with van der Waals surface area (Å²) in [6, 6.07) is 15.6. The minimum Gasteiger partial charge on any atom is -0.349 e. The van der Waals surface area contributed by atoms with E-state index < -0.39 is 0 Å². The minimum atomic E-state index is -0.145. The molecule has 2 N–H and O–H groups in total. The fourth-order valence-corrected chi connectivity index (χ4v) is 3.56. The lowest BCUT2D eigenvalue weighted by Gasteiger charge is -2.14. The first-order valence-electron chi connectivity index (χ1n) is 8.02. The summed E-state index contributed by atoms with van der Waals surface area (Å²) in [5.74, 6) is -0.171. The van der Waals surface area contributed by atoms with E-state index in [4.69, 9.17) is 0 Å². The Hall–Kier alpha value is -2.73. The van der Waals surface area contributed by atoms with Crippen LogP contribution in [0.4, 0.5) is 5.13 Å². The van der Waals surface area contributed by atoms with E-state index in [0.29, 0.717) is 11.6 Å². The maximum absolute atomic E-state index is 12.3. The molecular formula is C19H19N3O2S. The molecule has 0 saturated carbocycles. The average molecular weight is 353 g/mol. The summed E-state index contributed by atoms with van der Waals surface area (Å²) >= 11 is 1.40. The van der Waals surface area contributed by atoms with Gasteiger partial charge in [0.25, 0.3) is 0 Å². The number of amides is 2. The predicted molar refractivity (Wildman–Crippen MR) is 101 cm³/mol. The first-order chi connectivity index (χ1) is 12.0. The van der Waals surface area contributed by atoms with Crippen molar-refractivity contribution in [3.8, 4) is 0 Å². The van der Waals surface area contributed by atoms with E-state index in [1.54, 1.807) is 0 Å². The van der Waals surface area contributed by atoms with Crippen LogP contribution in [0, 0.1) is 0 Å². The second-order valence-corrected chi connectivity index (χ2v) is 6.91. The molecule has 0 aliphatic carbocycles. The largest absolute Gasteiger partial charge is 0.349 e. The van der Waals surface area contributed by atoms with Crippen molar-refractivity contribution in [2.75, 3.05) is 5.32 Å². The maximum atomic E-state index is 12.3. The zero-order valence-corrected chi connectivity index (χ0v) is 14.9. The Morgan fingerprint density at radius 2 is 1.92 bits per heavy atom. The van der Waals surface area contributed by atoms with E-state index in [-0.39, 0.29) is 17.9 Å². The molecule has 0 aliphatic rings. The highest BCUT2D eigenvalue weighted by Gasteiger charge is 2.11. The highest BCUT2D eigenvalue weighted by molar-refractivity contribution is 7.22. The predicted octanol–water partition coefficient (Wildman–Crippen LogP) is 3.67. The highest BCUT2D eigenvalue weighted by atomic mass is 32.1. The van der Waals surface area contributed by atoms with Gasteiger partial charge in [0.15, 0.2) is 5.13 Å². The zero-order valence-electron chi connectivity index (χ0n) is 14.1. The Morgan fingerprint density at radius 1 is 1.16 bits per heavy atom. The number of hydrogen-bond acceptors (Lipinski definition) is 4. The molecule has 0 fully saturated rings. The third-order valence-electron chi connectivity index (χ3n) is 3.78. The molecule has 3 rings (SSSR count). The van der Waals surface area contributed by atoms with Crippen LogP contribution in [-0.4, -0.2) is 16.8 Å². The molecule has 0 saturated heterocycles. The lowest BCUT2D eigenvalue weighted by atomic mass is 10.1. The van der Waals surface area contributed by atoms with Crippen LogP contribution in [0.5, 0.6) is 0 Å². The molecule has 3 aromatic rings. The quantitative estimate of drug-likeness (QED) is 0.735. The number of carbonyl (C=O) groups is 2. The van der Waals surface area contributed by atoms with Gasteiger partial charge in [-0.1, -0.05) is 47.7 Å². The Balaban J connectivity index is 1.67. The van der Waals surface area contributed by atoms with Crippen molar-refractivity contribution in [1.29, 1.82) is 0 Å². The number of aromatic nitrogens is 1. The Morgan fingerprint density at radius 3 is 2.64 bits per heavy atom. The van der Waals surface area contributed by atoms with Crippen LogP contribution in [0.1, 0.15) is 31.0 Å². The van der Waals surface area contributed by atoms with E-state index >= 15 is 0 Å². The molecule has 0 spiro atoms. The van der Waals surface area contributed by atoms with E-state index in [1.165, 1.54) is 18.3 Å². The molecule has 2 amide bonds. The van der Waals surface area contributed by atoms with Gasteiger partial charge in [-0.05, 0) is 30.2 Å². The van der Waals surface area contributed by atoms with Crippen LogP contribution in [0.2, 0.25) is 0 Å². The number of rotatable bonds is 5. The Bertz CT molecular complexity index is 905. The van der Waals surface area contributed by atoms with Gasteiger partial charge in [0.05, 0.1) is 22.7 Å². The van der Waals surface area contributed by atoms with Crippen molar-refractivity contribution < 1.29 is 9.59 Å². The first kappa shape index (κ1) is 17.1. The number of nitrogens with one attached hydrogen (secondary N) is 2. The van der Waals surface area contributed by atoms with Gasteiger partial charge in [-0.2, -0.15) is 0 Å². The molecule has 5 nitrogen and oxygen atoms in total. The highest BCUT2D eigenvalue weighted by Crippen LogP contribution is 2.27. The van der Waals surface area contributed by atoms with Gasteiger partial charge in [0, 0.05) is 6.92 Å². The van der Waals surface area contributed by atoms with Crippen molar-refractivity contribution in [3.63, 3.8) is 0 Å². The SMILES string of the molecule is CC(=O)Nc1nc2ccc(CC(=O)N[C@H](C)c3ccccc3)cc2s1. The molecule has 0 aliphatic heterocycles. The lowest BCUT2D eigenvalue weighted by Crippen LogP contribution is -2.28. The summed E-state index contributed by atoms with van der Waals surface area (Å²) in [5, 5.41) is 6.27. The van der Waals surface area contributed by atoms with Gasteiger partial charge >= 0.3 is 0 Å². The Kier molecular flexibility index (Phi) is 5.09. The third-order valence-corrected chi connectivity index (χ3v) is 4.71. The van der Waals surface area contributed by atoms with Crippen LogP contribution in [0.3, 0.4) is 0 Å². The summed E-state index contributed by atoms with van der Waals surface area (Å²) in [6.45, 7) is 3.43. The van der Waals surface area contributed by atoms with Crippen LogP contribution >= 0.6 is 11.3 Å². The molecule has 2 aromatic carbocycles. The maximum Gasteiger partial charge on any atom is 0.224 e. The van der Waals surface area contributed by atoms with E-state index in [0.717, 1.165) is 21.3 Å². The third kappa shape index (κ3) is 4.42. The summed E-state index contributed by atoms with van der Waals surface area (Å²) in [5.41, 5.74) is 2.81. The Labute approximate surface area is 150 Å². The van der Waals surface area contributed by atoms with Gasteiger partial charge in [-0.3, -0.25) is 9.59 Å². The molecule has 1 heterocycles. The molecule has 1 atom stereocenters. The van der Waals surface area contributed by atoms with E-state index in [2.05, 4.69) is 15.6 Å². The summed E-state index contributed by atoms with van der Waals surface area (Å²) in [6.07, 6.45) is 0.306. The molecule has 25 heavy (non-hydrogen) atoms. The number of fused-ring (bicyclic) bond motifs is 1. The lowest BCUT2D eigenvalue weighted by molar-refractivity contribution is -0.121. The molecule has 0 unspecified atom stereocenters. The normalized spacial score (nSPS) is 11.9. The topological polar surface area (TPSA) is 71.1 Å². The van der Waals surface area contributed by atoms with Crippen LogP contribution in [0.15, 0.2) is 48.5 Å². The van der Waals surface area contributed by atoms with Crippen LogP contribution < -0.4 is 10.6 Å². The van der Waals surface area contributed by atoms with Crippen LogP contribution in [0.25, 0.3) is 10.2 Å².